The van der Waals surface area contributed by atoms with Crippen LogP contribution in [0.1, 0.15) is 18.1 Å². The lowest BCUT2D eigenvalue weighted by Crippen LogP contribution is -2.21. The summed E-state index contributed by atoms with van der Waals surface area (Å²) in [6.07, 6.45) is 1.76. The van der Waals surface area contributed by atoms with Crippen LogP contribution in [-0.2, 0) is 9.59 Å². The maximum absolute atomic E-state index is 12.9. The van der Waals surface area contributed by atoms with E-state index in [0.29, 0.717) is 34.2 Å². The first-order valence-electron chi connectivity index (χ1n) is 10.8. The summed E-state index contributed by atoms with van der Waals surface area (Å²) >= 11 is 0. The van der Waals surface area contributed by atoms with E-state index in [-0.39, 0.29) is 18.4 Å². The highest BCUT2D eigenvalue weighted by Crippen LogP contribution is 2.30. The van der Waals surface area contributed by atoms with Gasteiger partial charge in [-0.3, -0.25) is 9.59 Å². The van der Waals surface area contributed by atoms with Crippen LogP contribution in [0.15, 0.2) is 83.5 Å². The van der Waals surface area contributed by atoms with E-state index in [2.05, 4.69) is 10.4 Å². The molecule has 1 heterocycles. The molecule has 34 heavy (non-hydrogen) atoms. The highest BCUT2D eigenvalue weighted by atomic mass is 16.5. The van der Waals surface area contributed by atoms with E-state index in [1.54, 1.807) is 31.2 Å². The Labute approximate surface area is 198 Å². The minimum absolute atomic E-state index is 0.166. The number of nitrogens with one attached hydrogen (secondary N) is 1. The van der Waals surface area contributed by atoms with Crippen molar-refractivity contribution in [3.05, 3.63) is 89.5 Å². The van der Waals surface area contributed by atoms with E-state index in [4.69, 9.17) is 9.47 Å². The first-order valence-corrected chi connectivity index (χ1v) is 10.8. The molecule has 2 amide bonds. The van der Waals surface area contributed by atoms with Gasteiger partial charge in [0.05, 0.1) is 24.1 Å². The molecule has 1 aliphatic heterocycles. The van der Waals surface area contributed by atoms with Gasteiger partial charge in [0.25, 0.3) is 11.8 Å². The number of aryl methyl sites for hydroxylation is 1. The molecule has 3 aromatic carbocycles. The summed E-state index contributed by atoms with van der Waals surface area (Å²) in [5.74, 6) is 0.412. The summed E-state index contributed by atoms with van der Waals surface area (Å²) in [6.45, 7) is 3.59. The summed E-state index contributed by atoms with van der Waals surface area (Å²) < 4.78 is 11.1. The molecule has 0 spiro atoms. The van der Waals surface area contributed by atoms with Gasteiger partial charge >= 0.3 is 0 Å². The quantitative estimate of drug-likeness (QED) is 0.518. The predicted molar refractivity (Wildman–Crippen MR) is 133 cm³/mol. The molecule has 4 rings (SSSR count). The van der Waals surface area contributed by atoms with Gasteiger partial charge in [0, 0.05) is 5.69 Å². The van der Waals surface area contributed by atoms with E-state index in [0.717, 1.165) is 11.1 Å². The number of para-hydroxylation sites is 1. The van der Waals surface area contributed by atoms with Gasteiger partial charge in [0.15, 0.2) is 18.1 Å². The number of hydrogen-bond donors (Lipinski definition) is 1. The van der Waals surface area contributed by atoms with Crippen molar-refractivity contribution in [2.45, 2.75) is 13.8 Å². The molecular weight excluding hydrogens is 430 g/mol. The molecular formula is C27H25N3O4. The molecule has 1 aliphatic rings. The van der Waals surface area contributed by atoms with Crippen LogP contribution in [0.2, 0.25) is 0 Å². The van der Waals surface area contributed by atoms with Gasteiger partial charge in [-0.1, -0.05) is 36.4 Å². The molecule has 0 fully saturated rings. The number of rotatable bonds is 7. The molecule has 0 aliphatic carbocycles. The zero-order valence-electron chi connectivity index (χ0n) is 19.2. The second-order valence-corrected chi connectivity index (χ2v) is 7.81. The summed E-state index contributed by atoms with van der Waals surface area (Å²) in [6, 6.07) is 22.1. The smallest absolute Gasteiger partial charge is 0.280 e. The molecule has 172 valence electrons. The molecule has 7 nitrogen and oxygen atoms in total. The van der Waals surface area contributed by atoms with Crippen molar-refractivity contribution in [2.24, 2.45) is 5.10 Å². The number of methoxy groups -OCH3 is 1. The van der Waals surface area contributed by atoms with Gasteiger partial charge < -0.3 is 14.8 Å². The SMILES string of the molecule is COc1cc(C=C2C(=O)N(c3ccccc3)N=C2C)ccc1OCC(=O)Nc1cccc(C)c1. The molecule has 0 unspecified atom stereocenters. The topological polar surface area (TPSA) is 80.2 Å². The molecule has 0 aromatic heterocycles. The lowest BCUT2D eigenvalue weighted by Gasteiger charge is -2.12. The Kier molecular flexibility index (Phi) is 6.73. The molecule has 0 saturated heterocycles. The van der Waals surface area contributed by atoms with Crippen molar-refractivity contribution < 1.29 is 19.1 Å². The van der Waals surface area contributed by atoms with E-state index < -0.39 is 0 Å². The van der Waals surface area contributed by atoms with Gasteiger partial charge in [0.1, 0.15) is 0 Å². The molecule has 3 aromatic rings. The zero-order chi connectivity index (χ0) is 24.1. The number of hydrogen-bond acceptors (Lipinski definition) is 5. The fourth-order valence-electron chi connectivity index (χ4n) is 3.55. The number of ether oxygens (including phenoxy) is 2. The van der Waals surface area contributed by atoms with E-state index in [9.17, 15) is 9.59 Å². The third-order valence-corrected chi connectivity index (χ3v) is 5.22. The van der Waals surface area contributed by atoms with Crippen molar-refractivity contribution in [3.8, 4) is 11.5 Å². The second kappa shape index (κ2) is 10.0. The maximum atomic E-state index is 12.9. The number of nitrogens with zero attached hydrogens (tertiary/aromatic N) is 2. The summed E-state index contributed by atoms with van der Waals surface area (Å²) in [5, 5.41) is 8.60. The predicted octanol–water partition coefficient (Wildman–Crippen LogP) is 4.83. The van der Waals surface area contributed by atoms with Gasteiger partial charge in [-0.05, 0) is 67.4 Å². The Morgan fingerprint density at radius 2 is 1.79 bits per heavy atom. The maximum Gasteiger partial charge on any atom is 0.280 e. The van der Waals surface area contributed by atoms with Crippen LogP contribution < -0.4 is 19.8 Å². The van der Waals surface area contributed by atoms with E-state index >= 15 is 0 Å². The average Bonchev–Trinajstić information content (AvgIpc) is 3.12. The fourth-order valence-corrected chi connectivity index (χ4v) is 3.55. The van der Waals surface area contributed by atoms with Crippen LogP contribution in [0.4, 0.5) is 11.4 Å². The summed E-state index contributed by atoms with van der Waals surface area (Å²) in [5.41, 5.74) is 4.35. The van der Waals surface area contributed by atoms with Crippen LogP contribution in [-0.4, -0.2) is 31.2 Å². The summed E-state index contributed by atoms with van der Waals surface area (Å²) in [4.78, 5) is 25.2. The van der Waals surface area contributed by atoms with Crippen molar-refractivity contribution in [2.75, 3.05) is 24.0 Å². The monoisotopic (exact) mass is 455 g/mol. The minimum atomic E-state index is -0.275. The number of carbonyl (C=O) groups is 2. The highest BCUT2D eigenvalue weighted by Gasteiger charge is 2.28. The standard InChI is InChI=1S/C27H25N3O4/c1-18-8-7-9-21(14-18)28-26(31)17-34-24-13-12-20(16-25(24)33-3)15-23-19(2)29-30(27(23)32)22-10-5-4-6-11-22/h4-16H,17H2,1-3H3,(H,28,31). The van der Waals surface area contributed by atoms with Crippen LogP contribution in [0.3, 0.4) is 0 Å². The third kappa shape index (κ3) is 5.15. The Bertz CT molecular complexity index is 1280. The number of amides is 2. The lowest BCUT2D eigenvalue weighted by molar-refractivity contribution is -0.118. The number of benzene rings is 3. The van der Waals surface area contributed by atoms with Crippen LogP contribution in [0, 0.1) is 6.92 Å². The highest BCUT2D eigenvalue weighted by molar-refractivity contribution is 6.32. The Morgan fingerprint density at radius 3 is 2.53 bits per heavy atom. The van der Waals surface area contributed by atoms with E-state index in [1.165, 1.54) is 12.1 Å². The number of anilines is 2. The molecule has 0 bridgehead atoms. The minimum Gasteiger partial charge on any atom is -0.493 e. The lowest BCUT2D eigenvalue weighted by atomic mass is 10.1. The van der Waals surface area contributed by atoms with Crippen molar-refractivity contribution in [1.29, 1.82) is 0 Å². The molecule has 7 heteroatoms. The van der Waals surface area contributed by atoms with Crippen molar-refractivity contribution in [1.82, 2.24) is 0 Å². The van der Waals surface area contributed by atoms with Gasteiger partial charge in [0.2, 0.25) is 0 Å². The van der Waals surface area contributed by atoms with Gasteiger partial charge in [-0.2, -0.15) is 10.1 Å². The van der Waals surface area contributed by atoms with Gasteiger partial charge in [-0.15, -0.1) is 0 Å². The first-order chi connectivity index (χ1) is 16.4. The fraction of sp³-hybridized carbons (Fsp3) is 0.148. The van der Waals surface area contributed by atoms with Crippen molar-refractivity contribution in [3.63, 3.8) is 0 Å². The molecule has 0 atom stereocenters. The van der Waals surface area contributed by atoms with Crippen molar-refractivity contribution >= 4 is 35.0 Å². The van der Waals surface area contributed by atoms with Crippen LogP contribution in [0.5, 0.6) is 11.5 Å². The summed E-state index contributed by atoms with van der Waals surface area (Å²) in [7, 11) is 1.52. The average molecular weight is 456 g/mol. The Balaban J connectivity index is 1.46. The molecule has 0 radical (unpaired) electrons. The zero-order valence-corrected chi connectivity index (χ0v) is 19.2. The Morgan fingerprint density at radius 1 is 1.00 bits per heavy atom. The third-order valence-electron chi connectivity index (χ3n) is 5.22. The molecule has 1 N–H and O–H groups in total. The van der Waals surface area contributed by atoms with Crippen LogP contribution in [0.25, 0.3) is 6.08 Å². The first kappa shape index (κ1) is 22.8. The van der Waals surface area contributed by atoms with E-state index in [1.807, 2.05) is 61.5 Å². The normalized spacial score (nSPS) is 14.2. The Hall–Kier alpha value is -4.39. The van der Waals surface area contributed by atoms with Gasteiger partial charge in [-0.25, -0.2) is 0 Å². The van der Waals surface area contributed by atoms with Crippen LogP contribution >= 0.6 is 0 Å². The number of hydrazone groups is 1. The molecule has 0 saturated carbocycles. The number of carbonyl (C=O) groups excluding carboxylic acids is 2. The largest absolute Gasteiger partial charge is 0.493 e. The second-order valence-electron chi connectivity index (χ2n) is 7.81.